The number of halogens is 2. The maximum absolute atomic E-state index is 11.0. The van der Waals surface area contributed by atoms with Crippen LogP contribution in [-0.2, 0) is 6.54 Å². The molecule has 0 aromatic heterocycles. The van der Waals surface area contributed by atoms with E-state index >= 15 is 0 Å². The molecule has 2 N–H and O–H groups in total. The summed E-state index contributed by atoms with van der Waals surface area (Å²) in [4.78, 5) is 12.8. The Morgan fingerprint density at radius 3 is 2.53 bits per heavy atom. The van der Waals surface area contributed by atoms with Crippen molar-refractivity contribution in [2.75, 3.05) is 0 Å². The fourth-order valence-electron chi connectivity index (χ4n) is 1.65. The summed E-state index contributed by atoms with van der Waals surface area (Å²) in [5.41, 5.74) is 7.15. The lowest BCUT2D eigenvalue weighted by molar-refractivity contribution is 0.112. The molecule has 2 aromatic carbocycles. The summed E-state index contributed by atoms with van der Waals surface area (Å²) in [6.07, 6.45) is 0.835. The number of hydrogen-bond donors (Lipinski definition) is 1. The Morgan fingerprint density at radius 1 is 1.11 bits per heavy atom. The van der Waals surface area contributed by atoms with Gasteiger partial charge in [-0.25, -0.2) is 0 Å². The normalized spacial score (nSPS) is 10.5. The molecule has 0 saturated heterocycles. The predicted octanol–water partition coefficient (Wildman–Crippen LogP) is 4.42. The molecule has 0 aliphatic carbocycles. The van der Waals surface area contributed by atoms with Crippen molar-refractivity contribution in [3.8, 4) is 0 Å². The van der Waals surface area contributed by atoms with Crippen molar-refractivity contribution >= 4 is 41.2 Å². The molecule has 5 heteroatoms. The standard InChI is InChI=1S/C14H11Cl2NOS/c15-11-5-6-13(10(7-17)14(11)16)19-12-4-2-1-3-9(12)8-18/h1-6,8H,7,17H2. The molecule has 98 valence electrons. The second-order valence-corrected chi connectivity index (χ2v) is 5.67. The van der Waals surface area contributed by atoms with Gasteiger partial charge in [-0.05, 0) is 23.8 Å². The number of carbonyl (C=O) groups excluding carboxylic acids is 1. The van der Waals surface area contributed by atoms with Gasteiger partial charge in [-0.2, -0.15) is 0 Å². The zero-order valence-corrected chi connectivity index (χ0v) is 12.2. The van der Waals surface area contributed by atoms with E-state index in [4.69, 9.17) is 28.9 Å². The van der Waals surface area contributed by atoms with Gasteiger partial charge in [0.15, 0.2) is 6.29 Å². The number of aldehydes is 1. The highest BCUT2D eigenvalue weighted by molar-refractivity contribution is 7.99. The molecule has 0 bridgehead atoms. The molecule has 0 spiro atoms. The minimum Gasteiger partial charge on any atom is -0.326 e. The molecule has 0 atom stereocenters. The summed E-state index contributed by atoms with van der Waals surface area (Å²) in [6, 6.07) is 11.0. The molecule has 0 heterocycles. The molecular formula is C14H11Cl2NOS. The van der Waals surface area contributed by atoms with Crippen LogP contribution >= 0.6 is 35.0 Å². The Balaban J connectivity index is 2.44. The number of rotatable bonds is 4. The van der Waals surface area contributed by atoms with Crippen molar-refractivity contribution < 1.29 is 4.79 Å². The molecule has 0 radical (unpaired) electrons. The van der Waals surface area contributed by atoms with Gasteiger partial charge in [0.05, 0.1) is 10.0 Å². The quantitative estimate of drug-likeness (QED) is 0.850. The number of carbonyl (C=O) groups is 1. The van der Waals surface area contributed by atoms with E-state index in [1.54, 1.807) is 12.1 Å². The van der Waals surface area contributed by atoms with Crippen LogP contribution in [0.5, 0.6) is 0 Å². The molecule has 0 aliphatic rings. The monoisotopic (exact) mass is 311 g/mol. The molecule has 0 aliphatic heterocycles. The minimum absolute atomic E-state index is 0.297. The van der Waals surface area contributed by atoms with Crippen LogP contribution in [0, 0.1) is 0 Å². The largest absolute Gasteiger partial charge is 0.326 e. The Morgan fingerprint density at radius 2 is 1.84 bits per heavy atom. The summed E-state index contributed by atoms with van der Waals surface area (Å²) in [7, 11) is 0. The molecule has 2 nitrogen and oxygen atoms in total. The third-order valence-corrected chi connectivity index (χ3v) is 4.66. The van der Waals surface area contributed by atoms with Gasteiger partial charge >= 0.3 is 0 Å². The highest BCUT2D eigenvalue weighted by atomic mass is 35.5. The van der Waals surface area contributed by atoms with Crippen LogP contribution < -0.4 is 5.73 Å². The van der Waals surface area contributed by atoms with Crippen molar-refractivity contribution in [2.24, 2.45) is 5.73 Å². The first-order valence-electron chi connectivity index (χ1n) is 5.56. The lowest BCUT2D eigenvalue weighted by Crippen LogP contribution is -2.00. The first kappa shape index (κ1) is 14.4. The number of hydrogen-bond acceptors (Lipinski definition) is 3. The summed E-state index contributed by atoms with van der Waals surface area (Å²) in [6.45, 7) is 0.297. The van der Waals surface area contributed by atoms with E-state index < -0.39 is 0 Å². The zero-order valence-electron chi connectivity index (χ0n) is 9.90. The van der Waals surface area contributed by atoms with Crippen molar-refractivity contribution in [1.29, 1.82) is 0 Å². The first-order chi connectivity index (χ1) is 9.17. The zero-order chi connectivity index (χ0) is 13.8. The van der Waals surface area contributed by atoms with Crippen molar-refractivity contribution in [1.82, 2.24) is 0 Å². The fourth-order valence-corrected chi connectivity index (χ4v) is 3.19. The van der Waals surface area contributed by atoms with E-state index in [2.05, 4.69) is 0 Å². The topological polar surface area (TPSA) is 43.1 Å². The second-order valence-electron chi connectivity index (χ2n) is 3.80. The number of nitrogens with two attached hydrogens (primary N) is 1. The lowest BCUT2D eigenvalue weighted by Gasteiger charge is -2.11. The Labute approximate surface area is 125 Å². The Hall–Kier alpha value is -1.000. The van der Waals surface area contributed by atoms with Gasteiger partial charge in [-0.15, -0.1) is 0 Å². The maximum atomic E-state index is 11.0. The van der Waals surface area contributed by atoms with E-state index in [0.717, 1.165) is 21.6 Å². The van der Waals surface area contributed by atoms with Gasteiger partial charge in [0.2, 0.25) is 0 Å². The maximum Gasteiger partial charge on any atom is 0.151 e. The van der Waals surface area contributed by atoms with Crippen molar-refractivity contribution in [2.45, 2.75) is 16.3 Å². The molecule has 0 amide bonds. The van der Waals surface area contributed by atoms with E-state index in [0.29, 0.717) is 22.2 Å². The third kappa shape index (κ3) is 3.12. The van der Waals surface area contributed by atoms with Gasteiger partial charge in [0.25, 0.3) is 0 Å². The molecule has 0 fully saturated rings. The SMILES string of the molecule is NCc1c(Sc2ccccc2C=O)ccc(Cl)c1Cl. The average Bonchev–Trinajstić information content (AvgIpc) is 2.44. The molecular weight excluding hydrogens is 301 g/mol. The van der Waals surface area contributed by atoms with E-state index in [1.807, 2.05) is 24.3 Å². The molecule has 2 rings (SSSR count). The smallest absolute Gasteiger partial charge is 0.151 e. The van der Waals surface area contributed by atoms with Crippen LogP contribution in [0.4, 0.5) is 0 Å². The summed E-state index contributed by atoms with van der Waals surface area (Å²) >= 11 is 13.6. The van der Waals surface area contributed by atoms with Crippen LogP contribution in [0.1, 0.15) is 15.9 Å². The van der Waals surface area contributed by atoms with Gasteiger partial charge in [-0.3, -0.25) is 4.79 Å². The van der Waals surface area contributed by atoms with Gasteiger partial charge in [-0.1, -0.05) is 53.2 Å². The van der Waals surface area contributed by atoms with E-state index in [1.165, 1.54) is 11.8 Å². The molecule has 2 aromatic rings. The average molecular weight is 312 g/mol. The lowest BCUT2D eigenvalue weighted by atomic mass is 10.2. The van der Waals surface area contributed by atoms with Crippen LogP contribution in [0.15, 0.2) is 46.2 Å². The highest BCUT2D eigenvalue weighted by Crippen LogP contribution is 2.37. The van der Waals surface area contributed by atoms with Gasteiger partial charge in [0.1, 0.15) is 0 Å². The summed E-state index contributed by atoms with van der Waals surface area (Å²) in [5, 5.41) is 0.952. The van der Waals surface area contributed by atoms with E-state index in [-0.39, 0.29) is 0 Å². The number of benzene rings is 2. The molecule has 0 unspecified atom stereocenters. The van der Waals surface area contributed by atoms with Crippen LogP contribution in [-0.4, -0.2) is 6.29 Å². The van der Waals surface area contributed by atoms with Crippen molar-refractivity contribution in [3.05, 3.63) is 57.6 Å². The van der Waals surface area contributed by atoms with Crippen LogP contribution in [0.3, 0.4) is 0 Å². The predicted molar refractivity (Wildman–Crippen MR) is 80.3 cm³/mol. The molecule has 0 saturated carbocycles. The van der Waals surface area contributed by atoms with Crippen molar-refractivity contribution in [3.63, 3.8) is 0 Å². The highest BCUT2D eigenvalue weighted by Gasteiger charge is 2.12. The van der Waals surface area contributed by atoms with Crippen LogP contribution in [0.25, 0.3) is 0 Å². The van der Waals surface area contributed by atoms with E-state index in [9.17, 15) is 4.79 Å². The van der Waals surface area contributed by atoms with Gasteiger partial charge in [0, 0.05) is 21.9 Å². The summed E-state index contributed by atoms with van der Waals surface area (Å²) < 4.78 is 0. The van der Waals surface area contributed by atoms with Crippen LogP contribution in [0.2, 0.25) is 10.0 Å². The Bertz CT molecular complexity index is 616. The fraction of sp³-hybridized carbons (Fsp3) is 0.0714. The van der Waals surface area contributed by atoms with Gasteiger partial charge < -0.3 is 5.73 Å². The minimum atomic E-state index is 0.297. The molecule has 19 heavy (non-hydrogen) atoms. The third-order valence-electron chi connectivity index (χ3n) is 2.62. The Kier molecular flexibility index (Phi) is 4.88. The second kappa shape index (κ2) is 6.44. The first-order valence-corrected chi connectivity index (χ1v) is 7.13. The summed E-state index contributed by atoms with van der Waals surface area (Å²) in [5.74, 6) is 0.